The third kappa shape index (κ3) is 1.03. The zero-order chi connectivity index (χ0) is 6.69. The highest BCUT2D eigenvalue weighted by Crippen LogP contribution is 2.12. The van der Waals surface area contributed by atoms with Gasteiger partial charge < -0.3 is 5.11 Å². The van der Waals surface area contributed by atoms with Crippen molar-refractivity contribution in [1.82, 2.24) is 0 Å². The van der Waals surface area contributed by atoms with Crippen molar-refractivity contribution >= 4 is 0 Å². The molecule has 1 radical (unpaired) electrons. The first-order valence-corrected chi connectivity index (χ1v) is 2.55. The van der Waals surface area contributed by atoms with Gasteiger partial charge in [0.05, 0.1) is 5.56 Å². The van der Waals surface area contributed by atoms with Crippen molar-refractivity contribution in [2.75, 3.05) is 0 Å². The van der Waals surface area contributed by atoms with E-state index in [1.807, 2.05) is 0 Å². The first kappa shape index (κ1) is 5.71. The second kappa shape index (κ2) is 2.23. The zero-order valence-corrected chi connectivity index (χ0v) is 4.76. The molecule has 1 aromatic rings. The van der Waals surface area contributed by atoms with Gasteiger partial charge in [0.15, 0.2) is 0 Å². The molecule has 0 saturated carbocycles. The minimum absolute atomic E-state index is 0.104. The standard InChI is InChI=1S/C8H5O/c1-2-7-5-3-4-6-8(7)9/h3-6,9H. The molecule has 0 aliphatic carbocycles. The molecule has 0 unspecified atom stereocenters. The normalized spacial score (nSPS) is 8.33. The maximum absolute atomic E-state index is 8.93. The minimum atomic E-state index is 0.104. The Morgan fingerprint density at radius 2 is 2.00 bits per heavy atom. The van der Waals surface area contributed by atoms with E-state index in [0.29, 0.717) is 5.56 Å². The molecule has 0 atom stereocenters. The van der Waals surface area contributed by atoms with E-state index in [2.05, 4.69) is 5.92 Å². The van der Waals surface area contributed by atoms with E-state index in [9.17, 15) is 0 Å². The molecule has 1 aromatic carbocycles. The monoisotopic (exact) mass is 117 g/mol. The molecule has 1 N–H and O–H groups in total. The van der Waals surface area contributed by atoms with Gasteiger partial charge in [-0.15, -0.1) is 0 Å². The van der Waals surface area contributed by atoms with Gasteiger partial charge in [-0.3, -0.25) is 0 Å². The number of phenols is 1. The predicted molar refractivity (Wildman–Crippen MR) is 34.3 cm³/mol. The third-order valence-electron chi connectivity index (χ3n) is 1.04. The van der Waals surface area contributed by atoms with Crippen molar-refractivity contribution in [3.63, 3.8) is 0 Å². The smallest absolute Gasteiger partial charge is 0.131 e. The summed E-state index contributed by atoms with van der Waals surface area (Å²) in [6.07, 6.45) is 6.67. The van der Waals surface area contributed by atoms with Crippen LogP contribution in [0, 0.1) is 12.3 Å². The van der Waals surface area contributed by atoms with Crippen LogP contribution in [0.4, 0.5) is 0 Å². The Morgan fingerprint density at radius 1 is 1.33 bits per heavy atom. The quantitative estimate of drug-likeness (QED) is 0.508. The summed E-state index contributed by atoms with van der Waals surface area (Å²) in [5, 5.41) is 8.93. The topological polar surface area (TPSA) is 20.2 Å². The fourth-order valence-electron chi connectivity index (χ4n) is 0.579. The number of benzene rings is 1. The van der Waals surface area contributed by atoms with E-state index < -0.39 is 0 Å². The fourth-order valence-corrected chi connectivity index (χ4v) is 0.579. The lowest BCUT2D eigenvalue weighted by Crippen LogP contribution is -1.71. The lowest BCUT2D eigenvalue weighted by atomic mass is 10.2. The van der Waals surface area contributed by atoms with E-state index in [4.69, 9.17) is 11.5 Å². The van der Waals surface area contributed by atoms with E-state index in [1.54, 1.807) is 18.2 Å². The van der Waals surface area contributed by atoms with E-state index >= 15 is 0 Å². The first-order valence-electron chi connectivity index (χ1n) is 2.55. The van der Waals surface area contributed by atoms with Crippen molar-refractivity contribution < 1.29 is 5.11 Å². The zero-order valence-electron chi connectivity index (χ0n) is 4.76. The maximum Gasteiger partial charge on any atom is 0.131 e. The summed E-state index contributed by atoms with van der Waals surface area (Å²) in [6.45, 7) is 0. The van der Waals surface area contributed by atoms with Crippen LogP contribution in [0.5, 0.6) is 5.75 Å². The van der Waals surface area contributed by atoms with Crippen molar-refractivity contribution in [3.8, 4) is 11.7 Å². The third-order valence-corrected chi connectivity index (χ3v) is 1.04. The van der Waals surface area contributed by atoms with E-state index in [0.717, 1.165) is 0 Å². The van der Waals surface area contributed by atoms with Crippen molar-refractivity contribution in [1.29, 1.82) is 0 Å². The van der Waals surface area contributed by atoms with Crippen LogP contribution >= 0.6 is 0 Å². The van der Waals surface area contributed by atoms with E-state index in [-0.39, 0.29) is 5.75 Å². The van der Waals surface area contributed by atoms with Crippen LogP contribution in [0.3, 0.4) is 0 Å². The molecule has 0 saturated heterocycles. The lowest BCUT2D eigenvalue weighted by molar-refractivity contribution is 0.473. The molecule has 0 aromatic heterocycles. The van der Waals surface area contributed by atoms with Crippen molar-refractivity contribution in [2.24, 2.45) is 0 Å². The summed E-state index contributed by atoms with van der Waals surface area (Å²) in [4.78, 5) is 0. The lowest BCUT2D eigenvalue weighted by Gasteiger charge is -1.91. The predicted octanol–water partition coefficient (Wildman–Crippen LogP) is 1.33. The largest absolute Gasteiger partial charge is 0.507 e. The summed E-state index contributed by atoms with van der Waals surface area (Å²) in [6, 6.07) is 6.60. The number of aromatic hydroxyl groups is 1. The highest BCUT2D eigenvalue weighted by Gasteiger charge is 1.90. The molecular weight excluding hydrogens is 112 g/mol. The summed E-state index contributed by atoms with van der Waals surface area (Å²) in [5.74, 6) is 2.20. The van der Waals surface area contributed by atoms with E-state index in [1.165, 1.54) is 6.07 Å². The van der Waals surface area contributed by atoms with Crippen LogP contribution in [-0.2, 0) is 0 Å². The Bertz CT molecular complexity index is 245. The highest BCUT2D eigenvalue weighted by atomic mass is 16.3. The summed E-state index contributed by atoms with van der Waals surface area (Å²) in [5.41, 5.74) is 0.428. The van der Waals surface area contributed by atoms with Gasteiger partial charge in [0, 0.05) is 0 Å². The number of hydrogen-bond acceptors (Lipinski definition) is 1. The SMILES string of the molecule is [C]#Cc1ccccc1O. The van der Waals surface area contributed by atoms with Gasteiger partial charge in [0.25, 0.3) is 0 Å². The van der Waals surface area contributed by atoms with Crippen molar-refractivity contribution in [3.05, 3.63) is 36.3 Å². The second-order valence-electron chi connectivity index (χ2n) is 1.64. The van der Waals surface area contributed by atoms with Gasteiger partial charge in [0.1, 0.15) is 5.75 Å². The molecule has 0 amide bonds. The van der Waals surface area contributed by atoms with Gasteiger partial charge in [-0.25, -0.2) is 0 Å². The Kier molecular flexibility index (Phi) is 1.42. The fraction of sp³-hybridized carbons (Fsp3) is 0. The average molecular weight is 117 g/mol. The van der Waals surface area contributed by atoms with Gasteiger partial charge in [-0.2, -0.15) is 0 Å². The molecule has 1 heteroatoms. The molecule has 0 aliphatic heterocycles. The summed E-state index contributed by atoms with van der Waals surface area (Å²) >= 11 is 0. The Hall–Kier alpha value is -1.42. The molecule has 0 fully saturated rings. The number of phenolic OH excluding ortho intramolecular Hbond substituents is 1. The van der Waals surface area contributed by atoms with Crippen LogP contribution < -0.4 is 0 Å². The Labute approximate surface area is 54.0 Å². The van der Waals surface area contributed by atoms with Gasteiger partial charge >= 0.3 is 0 Å². The average Bonchev–Trinajstić information content (AvgIpc) is 1.89. The summed E-state index contributed by atoms with van der Waals surface area (Å²) in [7, 11) is 0. The molecule has 43 valence electrons. The van der Waals surface area contributed by atoms with Gasteiger partial charge in [0.2, 0.25) is 0 Å². The molecule has 0 aliphatic rings. The molecule has 0 heterocycles. The van der Waals surface area contributed by atoms with Crippen molar-refractivity contribution in [2.45, 2.75) is 0 Å². The Morgan fingerprint density at radius 3 is 2.44 bits per heavy atom. The van der Waals surface area contributed by atoms with Crippen LogP contribution in [0.25, 0.3) is 0 Å². The minimum Gasteiger partial charge on any atom is -0.507 e. The number of para-hydroxylation sites is 1. The van der Waals surface area contributed by atoms with Crippen LogP contribution in [-0.4, -0.2) is 5.11 Å². The highest BCUT2D eigenvalue weighted by molar-refractivity contribution is 5.42. The molecule has 1 rings (SSSR count). The first-order chi connectivity index (χ1) is 4.34. The molecule has 1 nitrogen and oxygen atoms in total. The maximum atomic E-state index is 8.93. The second-order valence-corrected chi connectivity index (χ2v) is 1.64. The van der Waals surface area contributed by atoms with Gasteiger partial charge in [-0.1, -0.05) is 12.1 Å². The molecule has 9 heavy (non-hydrogen) atoms. The van der Waals surface area contributed by atoms with Crippen LogP contribution in [0.15, 0.2) is 24.3 Å². The summed E-state index contributed by atoms with van der Waals surface area (Å²) < 4.78 is 0. The van der Waals surface area contributed by atoms with Gasteiger partial charge in [-0.05, 0) is 24.5 Å². The molecule has 0 bridgehead atoms. The van der Waals surface area contributed by atoms with Crippen LogP contribution in [0.2, 0.25) is 0 Å². The Balaban J connectivity index is 3.20. The number of rotatable bonds is 0. The number of hydrogen-bond donors (Lipinski definition) is 1. The molecular formula is C8H5O. The van der Waals surface area contributed by atoms with Crippen LogP contribution in [0.1, 0.15) is 5.56 Å². The molecule has 0 spiro atoms.